The number of likely N-dealkylation sites (tertiary alicyclic amines) is 1. The molecule has 20 heavy (non-hydrogen) atoms. The van der Waals surface area contributed by atoms with Crippen molar-refractivity contribution in [2.75, 3.05) is 52.4 Å². The molecule has 0 aromatic carbocycles. The summed E-state index contributed by atoms with van der Waals surface area (Å²) in [7, 11) is 0. The third kappa shape index (κ3) is 3.70. The van der Waals surface area contributed by atoms with E-state index in [0.717, 1.165) is 45.6 Å². The van der Waals surface area contributed by atoms with Crippen LogP contribution in [-0.2, 0) is 9.59 Å². The maximum atomic E-state index is 12.3. The molecule has 2 aliphatic rings. The maximum absolute atomic E-state index is 12.3. The van der Waals surface area contributed by atoms with Gasteiger partial charge in [-0.2, -0.15) is 0 Å². The van der Waals surface area contributed by atoms with E-state index in [-0.39, 0.29) is 11.8 Å². The second kappa shape index (κ2) is 7.04. The summed E-state index contributed by atoms with van der Waals surface area (Å²) >= 11 is 0. The molecule has 2 fully saturated rings. The van der Waals surface area contributed by atoms with Crippen molar-refractivity contribution in [2.24, 2.45) is 11.7 Å². The van der Waals surface area contributed by atoms with E-state index in [1.165, 1.54) is 0 Å². The van der Waals surface area contributed by atoms with Gasteiger partial charge in [-0.3, -0.25) is 14.5 Å². The molecule has 6 nitrogen and oxygen atoms in total. The third-order valence-electron chi connectivity index (χ3n) is 4.23. The molecular weight excluding hydrogens is 256 g/mol. The summed E-state index contributed by atoms with van der Waals surface area (Å²) in [6, 6.07) is 0. The number of rotatable bonds is 2. The van der Waals surface area contributed by atoms with Gasteiger partial charge in [0.15, 0.2) is 0 Å². The van der Waals surface area contributed by atoms with E-state index in [1.807, 2.05) is 0 Å². The van der Waals surface area contributed by atoms with Gasteiger partial charge in [-0.25, -0.2) is 0 Å². The molecule has 2 N–H and O–H groups in total. The summed E-state index contributed by atoms with van der Waals surface area (Å²) in [4.78, 5) is 30.2. The number of carbonyl (C=O) groups excluding carboxylic acids is 2. The van der Waals surface area contributed by atoms with Gasteiger partial charge in [0, 0.05) is 52.4 Å². The summed E-state index contributed by atoms with van der Waals surface area (Å²) in [5.74, 6) is -0.141. The second-order valence-corrected chi connectivity index (χ2v) is 5.92. The van der Waals surface area contributed by atoms with Gasteiger partial charge in [0.05, 0.1) is 0 Å². The zero-order chi connectivity index (χ0) is 14.5. The van der Waals surface area contributed by atoms with Crippen molar-refractivity contribution in [1.82, 2.24) is 14.7 Å². The first-order valence-electron chi connectivity index (χ1n) is 7.62. The highest BCUT2D eigenvalue weighted by molar-refractivity contribution is 6.34. The number of amides is 2. The molecule has 2 heterocycles. The van der Waals surface area contributed by atoms with Crippen LogP contribution in [0.4, 0.5) is 0 Å². The summed E-state index contributed by atoms with van der Waals surface area (Å²) in [6.07, 6.45) is 2.15. The van der Waals surface area contributed by atoms with Crippen LogP contribution in [0.15, 0.2) is 0 Å². The number of carbonyl (C=O) groups is 2. The lowest BCUT2D eigenvalue weighted by Crippen LogP contribution is -2.54. The standard InChI is InChI=1S/C14H26N4O2/c1-12-3-2-5-18(11-12)14(20)13(19)17-9-7-16(6-4-15)8-10-17/h12H,2-11,15H2,1H3. The summed E-state index contributed by atoms with van der Waals surface area (Å²) < 4.78 is 0. The molecule has 0 saturated carbocycles. The van der Waals surface area contributed by atoms with E-state index in [4.69, 9.17) is 5.73 Å². The molecule has 114 valence electrons. The topological polar surface area (TPSA) is 69.9 Å². The first-order valence-corrected chi connectivity index (χ1v) is 7.62. The Morgan fingerprint density at radius 2 is 1.70 bits per heavy atom. The Morgan fingerprint density at radius 1 is 1.05 bits per heavy atom. The molecule has 1 unspecified atom stereocenters. The minimum atomic E-state index is -0.327. The van der Waals surface area contributed by atoms with Gasteiger partial charge in [0.2, 0.25) is 0 Å². The van der Waals surface area contributed by atoms with Crippen molar-refractivity contribution in [2.45, 2.75) is 19.8 Å². The maximum Gasteiger partial charge on any atom is 0.312 e. The Balaban J connectivity index is 1.83. The normalized spacial score (nSPS) is 24.8. The predicted octanol–water partition coefficient (Wildman–Crippen LogP) is -0.652. The number of hydrogen-bond donors (Lipinski definition) is 1. The molecule has 0 radical (unpaired) electrons. The van der Waals surface area contributed by atoms with E-state index in [1.54, 1.807) is 9.80 Å². The van der Waals surface area contributed by atoms with Crippen LogP contribution in [0.25, 0.3) is 0 Å². The average molecular weight is 282 g/mol. The van der Waals surface area contributed by atoms with Gasteiger partial charge in [0.1, 0.15) is 0 Å². The van der Waals surface area contributed by atoms with Crippen molar-refractivity contribution >= 4 is 11.8 Å². The fourth-order valence-corrected chi connectivity index (χ4v) is 3.00. The zero-order valence-corrected chi connectivity index (χ0v) is 12.4. The fourth-order valence-electron chi connectivity index (χ4n) is 3.00. The lowest BCUT2D eigenvalue weighted by Gasteiger charge is -2.36. The van der Waals surface area contributed by atoms with Crippen molar-refractivity contribution in [3.8, 4) is 0 Å². The average Bonchev–Trinajstić information content (AvgIpc) is 2.47. The van der Waals surface area contributed by atoms with Gasteiger partial charge in [-0.1, -0.05) is 6.92 Å². The third-order valence-corrected chi connectivity index (χ3v) is 4.23. The molecule has 0 bridgehead atoms. The molecule has 6 heteroatoms. The van der Waals surface area contributed by atoms with Gasteiger partial charge >= 0.3 is 11.8 Å². The minimum Gasteiger partial charge on any atom is -0.334 e. The minimum absolute atomic E-state index is 0.316. The Morgan fingerprint density at radius 3 is 2.30 bits per heavy atom. The van der Waals surface area contributed by atoms with Crippen LogP contribution >= 0.6 is 0 Å². The first kappa shape index (κ1) is 15.3. The first-order chi connectivity index (χ1) is 9.61. The van der Waals surface area contributed by atoms with Gasteiger partial charge < -0.3 is 15.5 Å². The number of nitrogens with two attached hydrogens (primary N) is 1. The SMILES string of the molecule is CC1CCCN(C(=O)C(=O)N2CCN(CCN)CC2)C1. The molecule has 0 spiro atoms. The molecular formula is C14H26N4O2. The van der Waals surface area contributed by atoms with Crippen LogP contribution in [0.5, 0.6) is 0 Å². The van der Waals surface area contributed by atoms with Crippen molar-refractivity contribution < 1.29 is 9.59 Å². The van der Waals surface area contributed by atoms with Crippen LogP contribution < -0.4 is 5.73 Å². The Bertz CT molecular complexity index is 353. The highest BCUT2D eigenvalue weighted by Gasteiger charge is 2.31. The number of piperidine rings is 1. The lowest BCUT2D eigenvalue weighted by atomic mass is 10.0. The highest BCUT2D eigenvalue weighted by atomic mass is 16.2. The monoisotopic (exact) mass is 282 g/mol. The van der Waals surface area contributed by atoms with Crippen LogP contribution in [0, 0.1) is 5.92 Å². The van der Waals surface area contributed by atoms with Crippen molar-refractivity contribution in [3.63, 3.8) is 0 Å². The molecule has 2 aliphatic heterocycles. The largest absolute Gasteiger partial charge is 0.334 e. The summed E-state index contributed by atoms with van der Waals surface area (Å²) in [5.41, 5.74) is 5.53. The van der Waals surface area contributed by atoms with E-state index in [2.05, 4.69) is 11.8 Å². The highest BCUT2D eigenvalue weighted by Crippen LogP contribution is 2.16. The van der Waals surface area contributed by atoms with E-state index in [0.29, 0.717) is 25.6 Å². The molecule has 0 aromatic rings. The van der Waals surface area contributed by atoms with E-state index < -0.39 is 0 Å². The molecule has 0 aromatic heterocycles. The molecule has 2 amide bonds. The molecule has 2 rings (SSSR count). The Hall–Kier alpha value is -1.14. The molecule has 0 aliphatic carbocycles. The van der Waals surface area contributed by atoms with Crippen molar-refractivity contribution in [3.05, 3.63) is 0 Å². The van der Waals surface area contributed by atoms with Crippen LogP contribution in [0.1, 0.15) is 19.8 Å². The van der Waals surface area contributed by atoms with Crippen LogP contribution in [-0.4, -0.2) is 78.9 Å². The number of piperazine rings is 1. The lowest BCUT2D eigenvalue weighted by molar-refractivity contribution is -0.153. The molecule has 1 atom stereocenters. The Labute approximate surface area is 120 Å². The second-order valence-electron chi connectivity index (χ2n) is 5.92. The zero-order valence-electron chi connectivity index (χ0n) is 12.4. The van der Waals surface area contributed by atoms with Gasteiger partial charge in [0.25, 0.3) is 0 Å². The predicted molar refractivity (Wildman–Crippen MR) is 77.1 cm³/mol. The van der Waals surface area contributed by atoms with Gasteiger partial charge in [-0.05, 0) is 18.8 Å². The number of nitrogens with zero attached hydrogens (tertiary/aromatic N) is 3. The fraction of sp³-hybridized carbons (Fsp3) is 0.857. The molecule has 2 saturated heterocycles. The summed E-state index contributed by atoms with van der Waals surface area (Å²) in [5, 5.41) is 0. The smallest absolute Gasteiger partial charge is 0.312 e. The number of hydrogen-bond acceptors (Lipinski definition) is 4. The Kier molecular flexibility index (Phi) is 5.37. The van der Waals surface area contributed by atoms with E-state index >= 15 is 0 Å². The van der Waals surface area contributed by atoms with E-state index in [9.17, 15) is 9.59 Å². The van der Waals surface area contributed by atoms with Crippen LogP contribution in [0.2, 0.25) is 0 Å². The summed E-state index contributed by atoms with van der Waals surface area (Å²) in [6.45, 7) is 7.97. The van der Waals surface area contributed by atoms with Crippen LogP contribution in [0.3, 0.4) is 0 Å². The van der Waals surface area contributed by atoms with Crippen molar-refractivity contribution in [1.29, 1.82) is 0 Å². The van der Waals surface area contributed by atoms with Gasteiger partial charge in [-0.15, -0.1) is 0 Å². The quantitative estimate of drug-likeness (QED) is 0.683.